The molecule has 7 nitrogen and oxygen atoms in total. The third-order valence-electron chi connectivity index (χ3n) is 3.47. The average Bonchev–Trinajstić information content (AvgIpc) is 2.60. The van der Waals surface area contributed by atoms with E-state index in [1.165, 1.54) is 7.11 Å². The third-order valence-corrected chi connectivity index (χ3v) is 3.87. The molecule has 0 aliphatic heterocycles. The van der Waals surface area contributed by atoms with E-state index in [1.54, 1.807) is 20.9 Å². The van der Waals surface area contributed by atoms with Crippen molar-refractivity contribution in [3.8, 4) is 0 Å². The van der Waals surface area contributed by atoms with Gasteiger partial charge in [0.25, 0.3) is 0 Å². The summed E-state index contributed by atoms with van der Waals surface area (Å²) in [6.07, 6.45) is 0.472. The molecule has 0 atom stereocenters. The van der Waals surface area contributed by atoms with E-state index >= 15 is 0 Å². The van der Waals surface area contributed by atoms with Gasteiger partial charge < -0.3 is 15.0 Å². The first-order valence-electron chi connectivity index (χ1n) is 7.53. The smallest absolute Gasteiger partial charge is 0.233 e. The second kappa shape index (κ2) is 10.3. The minimum absolute atomic E-state index is 0.211. The number of hydrogen-bond donors (Lipinski definition) is 1. The number of amides is 1. The van der Waals surface area contributed by atoms with Crippen molar-refractivity contribution in [3.63, 3.8) is 0 Å². The first kappa shape index (κ1) is 20.4. The maximum Gasteiger partial charge on any atom is 0.233 e. The van der Waals surface area contributed by atoms with E-state index in [0.29, 0.717) is 28.5 Å². The van der Waals surface area contributed by atoms with Crippen LogP contribution in [0.1, 0.15) is 30.5 Å². The number of aliphatic imine (C=N–C) groups is 1. The molecule has 0 heterocycles. The highest BCUT2D eigenvalue weighted by molar-refractivity contribution is 7.82. The Hall–Kier alpha value is -2.61. The molecule has 0 unspecified atom stereocenters. The summed E-state index contributed by atoms with van der Waals surface area (Å²) in [5.74, 6) is 0. The lowest BCUT2D eigenvalue weighted by molar-refractivity contribution is -0.106. The number of nitrogens with one attached hydrogen (secondary N) is 1. The van der Waals surface area contributed by atoms with Gasteiger partial charge in [0.05, 0.1) is 11.4 Å². The Labute approximate surface area is 152 Å². The summed E-state index contributed by atoms with van der Waals surface area (Å²) in [6.45, 7) is 5.58. The predicted molar refractivity (Wildman–Crippen MR) is 103 cm³/mol. The van der Waals surface area contributed by atoms with Crippen LogP contribution in [0.25, 0.3) is 0 Å². The van der Waals surface area contributed by atoms with Crippen LogP contribution in [0.5, 0.6) is 0 Å². The van der Waals surface area contributed by atoms with Crippen molar-refractivity contribution in [1.29, 1.82) is 0 Å². The van der Waals surface area contributed by atoms with Crippen molar-refractivity contribution in [3.05, 3.63) is 34.9 Å². The zero-order chi connectivity index (χ0) is 18.8. The first-order chi connectivity index (χ1) is 12.0. The largest absolute Gasteiger partial charge is 0.399 e. The Morgan fingerprint density at radius 3 is 2.60 bits per heavy atom. The summed E-state index contributed by atoms with van der Waals surface area (Å²) in [5.41, 5.74) is 4.23. The zero-order valence-corrected chi connectivity index (χ0v) is 15.8. The van der Waals surface area contributed by atoms with Crippen molar-refractivity contribution in [1.82, 2.24) is 5.32 Å². The van der Waals surface area contributed by atoms with Crippen molar-refractivity contribution in [2.24, 2.45) is 15.3 Å². The Morgan fingerprint density at radius 1 is 1.28 bits per heavy atom. The number of carbonyl (C=O) groups excluding carboxylic acids is 1. The molecule has 1 aromatic carbocycles. The minimum Gasteiger partial charge on any atom is -0.399 e. The summed E-state index contributed by atoms with van der Waals surface area (Å²) >= 11 is 5.31. The molecule has 25 heavy (non-hydrogen) atoms. The van der Waals surface area contributed by atoms with Gasteiger partial charge in [-0.3, -0.25) is 4.79 Å². The van der Waals surface area contributed by atoms with Crippen molar-refractivity contribution in [2.75, 3.05) is 14.2 Å². The van der Waals surface area contributed by atoms with Gasteiger partial charge in [0.2, 0.25) is 6.41 Å². The Morgan fingerprint density at radius 2 is 2.00 bits per heavy atom. The summed E-state index contributed by atoms with van der Waals surface area (Å²) in [5, 5.41) is 10.9. The molecule has 1 rings (SSSR count). The maximum absolute atomic E-state index is 10.4. The van der Waals surface area contributed by atoms with Crippen molar-refractivity contribution in [2.45, 2.75) is 27.4 Å². The molecule has 0 bridgehead atoms. The highest BCUT2D eigenvalue weighted by Crippen LogP contribution is 2.18. The van der Waals surface area contributed by atoms with Crippen LogP contribution in [-0.2, 0) is 21.1 Å². The van der Waals surface area contributed by atoms with E-state index in [9.17, 15) is 4.79 Å². The lowest BCUT2D eigenvalue weighted by atomic mass is 9.99. The van der Waals surface area contributed by atoms with Gasteiger partial charge in [-0.05, 0) is 26.3 Å². The van der Waals surface area contributed by atoms with E-state index in [-0.39, 0.29) is 6.61 Å². The average molecular weight is 362 g/mol. The number of thiocarbonyl (C=S) groups is 1. The van der Waals surface area contributed by atoms with Crippen LogP contribution < -0.4 is 5.32 Å². The van der Waals surface area contributed by atoms with E-state index in [0.717, 1.165) is 16.7 Å². The van der Waals surface area contributed by atoms with Gasteiger partial charge in [0.15, 0.2) is 0 Å². The number of rotatable bonds is 8. The van der Waals surface area contributed by atoms with Gasteiger partial charge >= 0.3 is 0 Å². The minimum atomic E-state index is 0.211. The molecule has 0 radical (unpaired) electrons. The molecular weight excluding hydrogens is 340 g/mol. The second-order valence-corrected chi connectivity index (χ2v) is 5.48. The normalized spacial score (nSPS) is 12.6. The van der Waals surface area contributed by atoms with Crippen LogP contribution in [0.4, 0.5) is 0 Å². The number of carbonyl (C=O) groups is 1. The van der Waals surface area contributed by atoms with Gasteiger partial charge in [0.1, 0.15) is 24.4 Å². The number of likely N-dealkylation sites (N-methyl/N-ethyl adjacent to an activating group) is 1. The lowest BCUT2D eigenvalue weighted by Crippen LogP contribution is -2.27. The molecule has 1 N–H and O–H groups in total. The molecule has 0 spiro atoms. The molecule has 0 aromatic heterocycles. The molecule has 0 aliphatic carbocycles. The fourth-order valence-corrected chi connectivity index (χ4v) is 2.12. The number of benzene rings is 1. The van der Waals surface area contributed by atoms with Crippen LogP contribution in [0.15, 0.2) is 33.5 Å². The fourth-order valence-electron chi connectivity index (χ4n) is 1.97. The number of oxime groups is 2. The molecular formula is C17H22N4O3S. The summed E-state index contributed by atoms with van der Waals surface area (Å²) in [4.78, 5) is 24.9. The van der Waals surface area contributed by atoms with E-state index in [4.69, 9.17) is 21.9 Å². The topological polar surface area (TPSA) is 84.6 Å². The van der Waals surface area contributed by atoms with Crippen LogP contribution in [0, 0.1) is 6.92 Å². The fraction of sp³-hybridized carbons (Fsp3) is 0.353. The van der Waals surface area contributed by atoms with Gasteiger partial charge in [-0.2, -0.15) is 0 Å². The zero-order valence-electron chi connectivity index (χ0n) is 15.0. The van der Waals surface area contributed by atoms with Crippen molar-refractivity contribution < 1.29 is 14.5 Å². The molecule has 134 valence electrons. The first-order valence-corrected chi connectivity index (χ1v) is 7.94. The highest BCUT2D eigenvalue weighted by atomic mass is 32.1. The quantitative estimate of drug-likeness (QED) is 0.332. The number of aryl methyl sites for hydroxylation is 1. The van der Waals surface area contributed by atoms with Crippen LogP contribution >= 0.6 is 12.2 Å². The molecule has 1 amide bonds. The van der Waals surface area contributed by atoms with Gasteiger partial charge in [-0.25, -0.2) is 4.99 Å². The van der Waals surface area contributed by atoms with Crippen LogP contribution in [0.2, 0.25) is 0 Å². The SMILES string of the molecule is CNC(=S)/C(=N/OC)c1cccc(C)c1CO/N=C(\C)C(C)=NC=O. The lowest BCUT2D eigenvalue weighted by Gasteiger charge is -2.14. The van der Waals surface area contributed by atoms with E-state index in [1.807, 2.05) is 25.1 Å². The van der Waals surface area contributed by atoms with Crippen LogP contribution in [-0.4, -0.2) is 42.7 Å². The highest BCUT2D eigenvalue weighted by Gasteiger charge is 2.16. The standard InChI is InChI=1S/C17H22N4O3S/c1-11-7-6-8-14(16(21-23-5)17(25)18-4)15(11)9-24-20-13(3)12(2)19-10-22/h6-8,10H,9H2,1-5H3,(H,18,25)/b19-12?,20-13+,21-16+. The molecule has 8 heteroatoms. The summed E-state index contributed by atoms with van der Waals surface area (Å²) < 4.78 is 0. The van der Waals surface area contributed by atoms with Gasteiger partial charge in [-0.1, -0.05) is 40.7 Å². The maximum atomic E-state index is 10.4. The van der Waals surface area contributed by atoms with Crippen molar-refractivity contribution >= 4 is 40.8 Å². The van der Waals surface area contributed by atoms with E-state index < -0.39 is 0 Å². The second-order valence-electron chi connectivity index (χ2n) is 5.07. The Balaban J connectivity index is 3.14. The summed E-state index contributed by atoms with van der Waals surface area (Å²) in [7, 11) is 3.19. The predicted octanol–water partition coefficient (Wildman–Crippen LogP) is 2.40. The molecule has 0 fully saturated rings. The summed E-state index contributed by atoms with van der Waals surface area (Å²) in [6, 6.07) is 5.76. The molecule has 0 saturated carbocycles. The Kier molecular flexibility index (Phi) is 8.42. The third kappa shape index (κ3) is 5.75. The monoisotopic (exact) mass is 362 g/mol. The Bertz CT molecular complexity index is 727. The van der Waals surface area contributed by atoms with E-state index in [2.05, 4.69) is 20.6 Å². The number of nitrogens with zero attached hydrogens (tertiary/aromatic N) is 3. The molecule has 1 aromatic rings. The molecule has 0 saturated heterocycles. The van der Waals surface area contributed by atoms with Gasteiger partial charge in [0, 0.05) is 18.2 Å². The van der Waals surface area contributed by atoms with Crippen LogP contribution in [0.3, 0.4) is 0 Å². The molecule has 0 aliphatic rings. The number of hydrogen-bond acceptors (Lipinski definition) is 6. The van der Waals surface area contributed by atoms with Gasteiger partial charge in [-0.15, -0.1) is 0 Å².